The molecule has 0 heterocycles. The SMILES string of the molecule is NN[C@@H](Cc1ccccc1)C(=O)O.O=C(O)CCC(=O)O. The van der Waals surface area contributed by atoms with Crippen molar-refractivity contribution in [3.63, 3.8) is 0 Å². The topological polar surface area (TPSA) is 150 Å². The van der Waals surface area contributed by atoms with E-state index in [4.69, 9.17) is 21.2 Å². The number of nitrogens with one attached hydrogen (secondary N) is 1. The molecule has 0 aliphatic heterocycles. The highest BCUT2D eigenvalue weighted by Gasteiger charge is 2.14. The van der Waals surface area contributed by atoms with E-state index in [-0.39, 0.29) is 12.8 Å². The maximum Gasteiger partial charge on any atom is 0.322 e. The molecule has 1 aromatic rings. The number of rotatable bonds is 7. The van der Waals surface area contributed by atoms with Gasteiger partial charge in [0.15, 0.2) is 0 Å². The molecule has 0 aliphatic carbocycles. The van der Waals surface area contributed by atoms with Crippen molar-refractivity contribution in [3.8, 4) is 0 Å². The molecule has 0 aliphatic rings. The van der Waals surface area contributed by atoms with E-state index in [9.17, 15) is 14.4 Å². The van der Waals surface area contributed by atoms with Crippen molar-refractivity contribution in [1.82, 2.24) is 5.43 Å². The summed E-state index contributed by atoms with van der Waals surface area (Å²) >= 11 is 0. The van der Waals surface area contributed by atoms with Crippen molar-refractivity contribution < 1.29 is 29.7 Å². The summed E-state index contributed by atoms with van der Waals surface area (Å²) in [6.45, 7) is 0. The van der Waals surface area contributed by atoms with Gasteiger partial charge >= 0.3 is 17.9 Å². The Labute approximate surface area is 121 Å². The molecule has 0 saturated carbocycles. The fraction of sp³-hybridized carbons (Fsp3) is 0.308. The van der Waals surface area contributed by atoms with Crippen LogP contribution in [0.5, 0.6) is 0 Å². The molecule has 0 aromatic heterocycles. The van der Waals surface area contributed by atoms with Crippen LogP contribution in [-0.2, 0) is 20.8 Å². The maximum absolute atomic E-state index is 10.6. The van der Waals surface area contributed by atoms with E-state index in [0.717, 1.165) is 5.56 Å². The van der Waals surface area contributed by atoms with Crippen LogP contribution < -0.4 is 11.3 Å². The third-order valence-corrected chi connectivity index (χ3v) is 2.33. The minimum Gasteiger partial charge on any atom is -0.481 e. The van der Waals surface area contributed by atoms with Crippen LogP contribution in [0.4, 0.5) is 0 Å². The number of carbonyl (C=O) groups is 3. The van der Waals surface area contributed by atoms with Crippen molar-refractivity contribution in [2.24, 2.45) is 5.84 Å². The van der Waals surface area contributed by atoms with Crippen molar-refractivity contribution in [1.29, 1.82) is 0 Å². The van der Waals surface area contributed by atoms with Crippen molar-refractivity contribution >= 4 is 17.9 Å². The van der Waals surface area contributed by atoms with Crippen molar-refractivity contribution in [2.45, 2.75) is 25.3 Å². The van der Waals surface area contributed by atoms with Gasteiger partial charge in [0.2, 0.25) is 0 Å². The predicted octanol–water partition coefficient (Wildman–Crippen LogP) is 0.0814. The maximum atomic E-state index is 10.6. The fourth-order valence-electron chi connectivity index (χ4n) is 1.28. The first-order valence-corrected chi connectivity index (χ1v) is 6.03. The Morgan fingerprint density at radius 2 is 1.48 bits per heavy atom. The summed E-state index contributed by atoms with van der Waals surface area (Å²) in [7, 11) is 0. The lowest BCUT2D eigenvalue weighted by Gasteiger charge is -2.09. The van der Waals surface area contributed by atoms with Gasteiger partial charge in [-0.1, -0.05) is 30.3 Å². The highest BCUT2D eigenvalue weighted by Crippen LogP contribution is 2.02. The molecule has 1 rings (SSSR count). The van der Waals surface area contributed by atoms with E-state index in [0.29, 0.717) is 6.42 Å². The summed E-state index contributed by atoms with van der Waals surface area (Å²) in [4.78, 5) is 29.9. The van der Waals surface area contributed by atoms with Gasteiger partial charge in [0.05, 0.1) is 12.8 Å². The molecule has 8 heteroatoms. The molecule has 0 fully saturated rings. The van der Waals surface area contributed by atoms with Gasteiger partial charge < -0.3 is 15.3 Å². The van der Waals surface area contributed by atoms with Gasteiger partial charge in [-0.3, -0.25) is 20.2 Å². The summed E-state index contributed by atoms with van der Waals surface area (Å²) in [5, 5.41) is 24.5. The van der Waals surface area contributed by atoms with Gasteiger partial charge in [0.1, 0.15) is 6.04 Å². The number of aliphatic carboxylic acids is 3. The molecule has 6 N–H and O–H groups in total. The third-order valence-electron chi connectivity index (χ3n) is 2.33. The molecule has 8 nitrogen and oxygen atoms in total. The van der Waals surface area contributed by atoms with Crippen LogP contribution >= 0.6 is 0 Å². The summed E-state index contributed by atoms with van der Waals surface area (Å²) < 4.78 is 0. The Morgan fingerprint density at radius 1 is 1.00 bits per heavy atom. The zero-order valence-electron chi connectivity index (χ0n) is 11.2. The second kappa shape index (κ2) is 10.4. The molecule has 1 aromatic carbocycles. The van der Waals surface area contributed by atoms with Crippen LogP contribution in [0, 0.1) is 0 Å². The Morgan fingerprint density at radius 3 is 1.81 bits per heavy atom. The summed E-state index contributed by atoms with van der Waals surface area (Å²) in [5.74, 6) is 2.00. The Hall–Kier alpha value is -2.45. The summed E-state index contributed by atoms with van der Waals surface area (Å²) in [5.41, 5.74) is 3.20. The molecule has 0 radical (unpaired) electrons. The number of carboxylic acid groups (broad SMARTS) is 3. The average molecular weight is 298 g/mol. The molecule has 0 spiro atoms. The largest absolute Gasteiger partial charge is 0.481 e. The zero-order chi connectivity index (χ0) is 16.3. The van der Waals surface area contributed by atoms with E-state index in [1.54, 1.807) is 0 Å². The van der Waals surface area contributed by atoms with Gasteiger partial charge in [0, 0.05) is 0 Å². The van der Waals surface area contributed by atoms with E-state index in [2.05, 4.69) is 5.43 Å². The van der Waals surface area contributed by atoms with Crippen LogP contribution in [0.3, 0.4) is 0 Å². The fourth-order valence-corrected chi connectivity index (χ4v) is 1.28. The molecule has 21 heavy (non-hydrogen) atoms. The monoisotopic (exact) mass is 298 g/mol. The smallest absolute Gasteiger partial charge is 0.322 e. The van der Waals surface area contributed by atoms with Crippen LogP contribution in [-0.4, -0.2) is 39.3 Å². The molecule has 116 valence electrons. The molecule has 0 unspecified atom stereocenters. The predicted molar refractivity (Wildman–Crippen MR) is 73.4 cm³/mol. The van der Waals surface area contributed by atoms with Gasteiger partial charge in [0.25, 0.3) is 0 Å². The first-order valence-electron chi connectivity index (χ1n) is 6.03. The Balaban J connectivity index is 0.000000433. The average Bonchev–Trinajstić information content (AvgIpc) is 2.44. The molecular weight excluding hydrogens is 280 g/mol. The van der Waals surface area contributed by atoms with Crippen molar-refractivity contribution in [2.75, 3.05) is 0 Å². The minimum atomic E-state index is -1.08. The van der Waals surface area contributed by atoms with Gasteiger partial charge in [-0.2, -0.15) is 0 Å². The number of hydrogen-bond acceptors (Lipinski definition) is 5. The quantitative estimate of drug-likeness (QED) is 0.351. The lowest BCUT2D eigenvalue weighted by Crippen LogP contribution is -2.42. The highest BCUT2D eigenvalue weighted by molar-refractivity contribution is 5.75. The first-order chi connectivity index (χ1) is 9.86. The number of benzene rings is 1. The minimum absolute atomic E-state index is 0.296. The van der Waals surface area contributed by atoms with E-state index in [1.165, 1.54) is 0 Å². The van der Waals surface area contributed by atoms with Crippen LogP contribution in [0.25, 0.3) is 0 Å². The molecule has 0 bridgehead atoms. The molecule has 1 atom stereocenters. The van der Waals surface area contributed by atoms with Crippen molar-refractivity contribution in [3.05, 3.63) is 35.9 Å². The number of carboxylic acids is 3. The van der Waals surface area contributed by atoms with Crippen LogP contribution in [0.2, 0.25) is 0 Å². The third kappa shape index (κ3) is 10.0. The van der Waals surface area contributed by atoms with Crippen LogP contribution in [0.1, 0.15) is 18.4 Å². The summed E-state index contributed by atoms with van der Waals surface area (Å²) in [6.07, 6.45) is -0.197. The first kappa shape index (κ1) is 18.6. The van der Waals surface area contributed by atoms with E-state index >= 15 is 0 Å². The van der Waals surface area contributed by atoms with E-state index < -0.39 is 23.9 Å². The van der Waals surface area contributed by atoms with Gasteiger partial charge in [-0.15, -0.1) is 0 Å². The van der Waals surface area contributed by atoms with Gasteiger partial charge in [-0.25, -0.2) is 5.43 Å². The lowest BCUT2D eigenvalue weighted by atomic mass is 10.1. The number of hydrazine groups is 1. The molecule has 0 saturated heterocycles. The second-order valence-electron chi connectivity index (χ2n) is 4.03. The number of hydrogen-bond donors (Lipinski definition) is 5. The lowest BCUT2D eigenvalue weighted by molar-refractivity contribution is -0.143. The van der Waals surface area contributed by atoms with Gasteiger partial charge in [-0.05, 0) is 12.0 Å². The molecular formula is C13H18N2O6. The van der Waals surface area contributed by atoms with E-state index in [1.807, 2.05) is 30.3 Å². The normalized spacial score (nSPS) is 10.9. The highest BCUT2D eigenvalue weighted by atomic mass is 16.4. The second-order valence-corrected chi connectivity index (χ2v) is 4.03. The zero-order valence-corrected chi connectivity index (χ0v) is 11.2. The molecule has 0 amide bonds. The van der Waals surface area contributed by atoms with Crippen LogP contribution in [0.15, 0.2) is 30.3 Å². The Bertz CT molecular complexity index is 449. The number of nitrogens with two attached hydrogens (primary N) is 1. The Kier molecular flexibility index (Phi) is 9.14. The summed E-state index contributed by atoms with van der Waals surface area (Å²) in [6, 6.07) is 8.63. The standard InChI is InChI=1S/C9H12N2O2.C4H6O4/c10-11-8(9(12)13)6-7-4-2-1-3-5-7;5-3(6)1-2-4(7)8/h1-5,8,11H,6,10H2,(H,12,13);1-2H2,(H,5,6)(H,7,8)/t8-;/m0./s1.